The van der Waals surface area contributed by atoms with Gasteiger partial charge in [0, 0.05) is 17.5 Å². The van der Waals surface area contributed by atoms with Crippen LogP contribution >= 0.6 is 0 Å². The van der Waals surface area contributed by atoms with Crippen LogP contribution in [-0.4, -0.2) is 26.9 Å². The Morgan fingerprint density at radius 2 is 2.05 bits per heavy atom. The number of rotatable bonds is 2. The summed E-state index contributed by atoms with van der Waals surface area (Å²) in [6, 6.07) is 4.11. The van der Waals surface area contributed by atoms with E-state index in [1.54, 1.807) is 7.11 Å². The van der Waals surface area contributed by atoms with Crippen LogP contribution in [0.2, 0.25) is 0 Å². The van der Waals surface area contributed by atoms with Crippen LogP contribution in [0.1, 0.15) is 31.7 Å². The first-order valence-electron chi connectivity index (χ1n) is 6.97. The standard InChI is InChI=1S/C15H21NO3/c1-15(7-3-8-16-15)11-5-6-12-14(13(11)17-2)19-10-4-9-18-12/h5-6,16H,3-4,7-10H2,1-2H3. The first kappa shape index (κ1) is 12.6. The Morgan fingerprint density at radius 1 is 1.21 bits per heavy atom. The quantitative estimate of drug-likeness (QED) is 0.889. The number of fused-ring (bicyclic) bond motifs is 1. The minimum absolute atomic E-state index is 0.0317. The molecule has 3 rings (SSSR count). The van der Waals surface area contributed by atoms with Gasteiger partial charge in [-0.1, -0.05) is 0 Å². The third kappa shape index (κ3) is 2.14. The van der Waals surface area contributed by atoms with E-state index in [1.165, 1.54) is 6.42 Å². The Bertz CT molecular complexity index is 467. The summed E-state index contributed by atoms with van der Waals surface area (Å²) < 4.78 is 17.2. The van der Waals surface area contributed by atoms with Crippen molar-refractivity contribution in [1.29, 1.82) is 0 Å². The molecule has 1 unspecified atom stereocenters. The summed E-state index contributed by atoms with van der Waals surface area (Å²) in [4.78, 5) is 0. The maximum atomic E-state index is 5.84. The van der Waals surface area contributed by atoms with Gasteiger partial charge in [0.1, 0.15) is 0 Å². The Labute approximate surface area is 114 Å². The van der Waals surface area contributed by atoms with Crippen LogP contribution in [0.15, 0.2) is 12.1 Å². The zero-order valence-electron chi connectivity index (χ0n) is 11.6. The van der Waals surface area contributed by atoms with Crippen molar-refractivity contribution < 1.29 is 14.2 Å². The molecule has 4 heteroatoms. The molecule has 0 radical (unpaired) electrons. The SMILES string of the molecule is COc1c(C2(C)CCCN2)ccc2c1OCCCO2. The highest BCUT2D eigenvalue weighted by Gasteiger charge is 2.35. The van der Waals surface area contributed by atoms with E-state index in [0.717, 1.165) is 42.2 Å². The molecule has 1 N–H and O–H groups in total. The van der Waals surface area contributed by atoms with Gasteiger partial charge in [0.05, 0.1) is 20.3 Å². The van der Waals surface area contributed by atoms with E-state index in [4.69, 9.17) is 14.2 Å². The van der Waals surface area contributed by atoms with Crippen LogP contribution in [0.5, 0.6) is 17.2 Å². The summed E-state index contributed by atoms with van der Waals surface area (Å²) in [7, 11) is 1.70. The molecule has 1 saturated heterocycles. The smallest absolute Gasteiger partial charge is 0.203 e. The van der Waals surface area contributed by atoms with E-state index in [2.05, 4.69) is 18.3 Å². The molecule has 0 spiro atoms. The number of nitrogens with one attached hydrogen (secondary N) is 1. The van der Waals surface area contributed by atoms with Crippen LogP contribution in [0.3, 0.4) is 0 Å². The highest BCUT2D eigenvalue weighted by molar-refractivity contribution is 5.58. The second-order valence-corrected chi connectivity index (χ2v) is 5.39. The van der Waals surface area contributed by atoms with Crippen LogP contribution < -0.4 is 19.5 Å². The minimum Gasteiger partial charge on any atom is -0.492 e. The molecule has 0 aromatic heterocycles. The Kier molecular flexibility index (Phi) is 3.27. The predicted molar refractivity (Wildman–Crippen MR) is 73.2 cm³/mol. The third-order valence-electron chi connectivity index (χ3n) is 4.04. The molecule has 1 fully saturated rings. The maximum absolute atomic E-state index is 5.84. The van der Waals surface area contributed by atoms with Crippen molar-refractivity contribution in [3.63, 3.8) is 0 Å². The van der Waals surface area contributed by atoms with E-state index in [0.29, 0.717) is 13.2 Å². The first-order valence-corrected chi connectivity index (χ1v) is 6.97. The Balaban J connectivity index is 2.08. The molecule has 2 aliphatic heterocycles. The molecule has 0 amide bonds. The van der Waals surface area contributed by atoms with Gasteiger partial charge in [-0.25, -0.2) is 0 Å². The topological polar surface area (TPSA) is 39.7 Å². The number of hydrogen-bond donors (Lipinski definition) is 1. The number of hydrogen-bond acceptors (Lipinski definition) is 4. The summed E-state index contributed by atoms with van der Waals surface area (Å²) in [6.45, 7) is 4.65. The van der Waals surface area contributed by atoms with Crippen molar-refractivity contribution in [2.75, 3.05) is 26.9 Å². The summed E-state index contributed by atoms with van der Waals surface area (Å²) >= 11 is 0. The molecular formula is C15H21NO3. The maximum Gasteiger partial charge on any atom is 0.203 e. The number of methoxy groups -OCH3 is 1. The second kappa shape index (κ2) is 4.93. The lowest BCUT2D eigenvalue weighted by Crippen LogP contribution is -2.33. The van der Waals surface area contributed by atoms with Gasteiger partial charge in [0.25, 0.3) is 0 Å². The van der Waals surface area contributed by atoms with Crippen LogP contribution in [0.4, 0.5) is 0 Å². The van der Waals surface area contributed by atoms with Crippen LogP contribution in [0.25, 0.3) is 0 Å². The zero-order chi connectivity index (χ0) is 13.3. The fraction of sp³-hybridized carbons (Fsp3) is 0.600. The van der Waals surface area contributed by atoms with Gasteiger partial charge in [0.2, 0.25) is 5.75 Å². The number of ether oxygens (including phenoxy) is 3. The van der Waals surface area contributed by atoms with Gasteiger partial charge >= 0.3 is 0 Å². The summed E-state index contributed by atoms with van der Waals surface area (Å²) in [6.07, 6.45) is 3.21. The average Bonchev–Trinajstić information content (AvgIpc) is 2.73. The molecule has 1 aromatic rings. The van der Waals surface area contributed by atoms with Gasteiger partial charge in [0.15, 0.2) is 11.5 Å². The van der Waals surface area contributed by atoms with Crippen molar-refractivity contribution in [2.45, 2.75) is 31.7 Å². The molecular weight excluding hydrogens is 242 g/mol. The zero-order valence-corrected chi connectivity index (χ0v) is 11.6. The lowest BCUT2D eigenvalue weighted by Gasteiger charge is -2.28. The van der Waals surface area contributed by atoms with E-state index in [9.17, 15) is 0 Å². The largest absolute Gasteiger partial charge is 0.492 e. The van der Waals surface area contributed by atoms with Crippen molar-refractivity contribution in [3.05, 3.63) is 17.7 Å². The van der Waals surface area contributed by atoms with Gasteiger partial charge in [-0.3, -0.25) is 0 Å². The summed E-state index contributed by atoms with van der Waals surface area (Å²) in [5.74, 6) is 2.36. The molecule has 19 heavy (non-hydrogen) atoms. The minimum atomic E-state index is -0.0317. The monoisotopic (exact) mass is 263 g/mol. The van der Waals surface area contributed by atoms with Crippen molar-refractivity contribution >= 4 is 0 Å². The second-order valence-electron chi connectivity index (χ2n) is 5.39. The van der Waals surface area contributed by atoms with E-state index in [-0.39, 0.29) is 5.54 Å². The fourth-order valence-electron chi connectivity index (χ4n) is 2.97. The van der Waals surface area contributed by atoms with Gasteiger partial charge in [-0.2, -0.15) is 0 Å². The molecule has 0 aliphatic carbocycles. The van der Waals surface area contributed by atoms with Crippen LogP contribution in [0, 0.1) is 0 Å². The predicted octanol–water partition coefficient (Wildman–Crippen LogP) is 2.46. The normalized spacial score (nSPS) is 26.0. The molecule has 104 valence electrons. The van der Waals surface area contributed by atoms with E-state index in [1.807, 2.05) is 6.07 Å². The molecule has 2 heterocycles. The molecule has 1 aromatic carbocycles. The van der Waals surface area contributed by atoms with Gasteiger partial charge in [-0.15, -0.1) is 0 Å². The number of benzene rings is 1. The van der Waals surface area contributed by atoms with Gasteiger partial charge in [-0.05, 0) is 38.4 Å². The lowest BCUT2D eigenvalue weighted by atomic mass is 9.89. The van der Waals surface area contributed by atoms with Crippen molar-refractivity contribution in [2.24, 2.45) is 0 Å². The van der Waals surface area contributed by atoms with E-state index < -0.39 is 0 Å². The molecule has 1 atom stereocenters. The summed E-state index contributed by atoms with van der Waals surface area (Å²) in [5.41, 5.74) is 1.13. The Morgan fingerprint density at radius 3 is 2.79 bits per heavy atom. The summed E-state index contributed by atoms with van der Waals surface area (Å²) in [5, 5.41) is 3.57. The van der Waals surface area contributed by atoms with Crippen molar-refractivity contribution in [3.8, 4) is 17.2 Å². The molecule has 0 bridgehead atoms. The highest BCUT2D eigenvalue weighted by Crippen LogP contribution is 2.46. The van der Waals surface area contributed by atoms with Crippen molar-refractivity contribution in [1.82, 2.24) is 5.32 Å². The van der Waals surface area contributed by atoms with E-state index >= 15 is 0 Å². The average molecular weight is 263 g/mol. The first-order chi connectivity index (χ1) is 9.24. The molecule has 0 saturated carbocycles. The molecule has 2 aliphatic rings. The third-order valence-corrected chi connectivity index (χ3v) is 4.04. The Hall–Kier alpha value is -1.42. The van der Waals surface area contributed by atoms with Gasteiger partial charge < -0.3 is 19.5 Å². The highest BCUT2D eigenvalue weighted by atomic mass is 16.5. The van der Waals surface area contributed by atoms with Crippen LogP contribution in [-0.2, 0) is 5.54 Å². The lowest BCUT2D eigenvalue weighted by molar-refractivity contribution is 0.286. The fourth-order valence-corrected chi connectivity index (χ4v) is 2.97. The molecule has 4 nitrogen and oxygen atoms in total.